The topological polar surface area (TPSA) is 120 Å². The molecule has 1 fully saturated rings. The van der Waals surface area contributed by atoms with Crippen LogP contribution in [0, 0.1) is 0 Å². The highest BCUT2D eigenvalue weighted by molar-refractivity contribution is 5.73. The summed E-state index contributed by atoms with van der Waals surface area (Å²) in [7, 11) is 0. The molecule has 0 aliphatic carbocycles. The van der Waals surface area contributed by atoms with Crippen LogP contribution in [0.1, 0.15) is 226 Å². The van der Waals surface area contributed by atoms with Crippen LogP contribution in [0.4, 0.5) is 4.79 Å². The summed E-state index contributed by atoms with van der Waals surface area (Å²) in [5, 5.41) is 2.84. The Hall–Kier alpha value is -3.66. The fourth-order valence-corrected chi connectivity index (χ4v) is 7.62. The van der Waals surface area contributed by atoms with Crippen LogP contribution in [-0.2, 0) is 33.3 Å². The zero-order valence-corrected chi connectivity index (χ0v) is 42.4. The SMILES string of the molecule is CCCCC/C=C\C/C=C\CCCCCCCC(=O)OCC(COC(=O)CCCCCCC/C=C\C/C=C\CCCCC)OC(=O)C/C=C(\CCCCCC)OC(=O)NCCN1CCCC1. The normalized spacial score (nSPS) is 13.5. The van der Waals surface area contributed by atoms with Crippen molar-refractivity contribution in [3.63, 3.8) is 0 Å². The largest absolute Gasteiger partial charge is 0.462 e. The van der Waals surface area contributed by atoms with Crippen molar-refractivity contribution in [2.24, 2.45) is 0 Å². The van der Waals surface area contributed by atoms with E-state index in [1.54, 1.807) is 6.08 Å². The third-order valence-electron chi connectivity index (χ3n) is 11.7. The van der Waals surface area contributed by atoms with Crippen LogP contribution < -0.4 is 5.32 Å². The van der Waals surface area contributed by atoms with Gasteiger partial charge in [-0.1, -0.05) is 153 Å². The van der Waals surface area contributed by atoms with Crippen LogP contribution in [0.25, 0.3) is 0 Å². The molecule has 1 heterocycles. The number of carbonyl (C=O) groups is 4. The number of alkyl carbamates (subject to hydrolysis) is 1. The second-order valence-corrected chi connectivity index (χ2v) is 18.0. The summed E-state index contributed by atoms with van der Waals surface area (Å²) in [5.74, 6) is -0.891. The summed E-state index contributed by atoms with van der Waals surface area (Å²) in [5.41, 5.74) is 0. The van der Waals surface area contributed by atoms with Crippen LogP contribution in [0.5, 0.6) is 0 Å². The van der Waals surface area contributed by atoms with Crippen LogP contribution in [0.2, 0.25) is 0 Å². The third-order valence-corrected chi connectivity index (χ3v) is 11.7. The average molecular weight is 925 g/mol. The number of esters is 3. The fourth-order valence-electron chi connectivity index (χ4n) is 7.62. The van der Waals surface area contributed by atoms with E-state index in [0.717, 1.165) is 135 Å². The molecular formula is C56H96N2O8. The lowest BCUT2D eigenvalue weighted by molar-refractivity contribution is -0.166. The Balaban J connectivity index is 2.58. The molecule has 0 bridgehead atoms. The zero-order chi connectivity index (χ0) is 47.8. The molecule has 1 N–H and O–H groups in total. The highest BCUT2D eigenvalue weighted by atomic mass is 16.6. The Labute approximate surface area is 403 Å². The first-order valence-electron chi connectivity index (χ1n) is 26.9. The van der Waals surface area contributed by atoms with Crippen molar-refractivity contribution in [3.05, 3.63) is 60.4 Å². The van der Waals surface area contributed by atoms with Crippen molar-refractivity contribution >= 4 is 24.0 Å². The number of amides is 1. The number of rotatable bonds is 44. The predicted octanol–water partition coefficient (Wildman–Crippen LogP) is 14.7. The van der Waals surface area contributed by atoms with Gasteiger partial charge in [-0.3, -0.25) is 14.4 Å². The number of ether oxygens (including phenoxy) is 4. The molecular weight excluding hydrogens is 829 g/mol. The van der Waals surface area contributed by atoms with Gasteiger partial charge in [-0.2, -0.15) is 0 Å². The van der Waals surface area contributed by atoms with Crippen LogP contribution in [0.3, 0.4) is 0 Å². The number of likely N-dealkylation sites (tertiary alicyclic amines) is 1. The standard InChI is InChI=1S/C56H96N2O8/c1-4-7-10-13-15-17-19-21-23-25-27-29-31-33-36-41-53(59)63-49-52(50-64-54(60)42-37-34-32-30-28-26-24-22-20-18-16-14-11-8-5-2)65-55(61)44-43-51(40-35-12-9-6-3)66-56(62)57-45-48-58-46-38-39-47-58/h15-18,21-24,43,52H,4-14,19-20,25-42,44-50H2,1-3H3,(H,57,62)/b17-15-,18-16-,23-21-,24-22-,51-43+. The van der Waals surface area contributed by atoms with Crippen molar-refractivity contribution in [3.8, 4) is 0 Å². The third kappa shape index (κ3) is 40.6. The lowest BCUT2D eigenvalue weighted by atomic mass is 10.1. The lowest BCUT2D eigenvalue weighted by Crippen LogP contribution is -2.33. The fraction of sp³-hybridized carbons (Fsp3) is 0.750. The number of carbonyl (C=O) groups excluding carboxylic acids is 4. The van der Waals surface area contributed by atoms with Gasteiger partial charge in [-0.25, -0.2) is 4.79 Å². The van der Waals surface area contributed by atoms with E-state index >= 15 is 0 Å². The Morgan fingerprint density at radius 2 is 0.939 bits per heavy atom. The minimum Gasteiger partial charge on any atom is -0.462 e. The Kier molecular flexibility index (Phi) is 42.5. The first kappa shape index (κ1) is 60.4. The molecule has 1 aliphatic rings. The van der Waals surface area contributed by atoms with Gasteiger partial charge in [0.05, 0.1) is 6.42 Å². The summed E-state index contributed by atoms with van der Waals surface area (Å²) in [6.07, 6.45) is 49.6. The van der Waals surface area contributed by atoms with Gasteiger partial charge in [0.15, 0.2) is 6.10 Å². The van der Waals surface area contributed by atoms with Crippen molar-refractivity contribution in [1.82, 2.24) is 10.2 Å². The van der Waals surface area contributed by atoms with Gasteiger partial charge in [0, 0.05) is 32.4 Å². The van der Waals surface area contributed by atoms with Crippen LogP contribution in [0.15, 0.2) is 60.4 Å². The smallest absolute Gasteiger partial charge is 0.412 e. The van der Waals surface area contributed by atoms with Gasteiger partial charge in [-0.15, -0.1) is 0 Å². The highest BCUT2D eigenvalue weighted by Crippen LogP contribution is 2.15. The molecule has 10 nitrogen and oxygen atoms in total. The molecule has 66 heavy (non-hydrogen) atoms. The first-order valence-corrected chi connectivity index (χ1v) is 26.9. The summed E-state index contributed by atoms with van der Waals surface area (Å²) in [6.45, 7) is 9.56. The summed E-state index contributed by atoms with van der Waals surface area (Å²) < 4.78 is 22.5. The van der Waals surface area contributed by atoms with E-state index < -0.39 is 18.2 Å². The molecule has 1 rings (SSSR count). The van der Waals surface area contributed by atoms with Crippen molar-refractivity contribution in [2.75, 3.05) is 39.4 Å². The maximum atomic E-state index is 13.2. The van der Waals surface area contributed by atoms with E-state index in [0.29, 0.717) is 18.7 Å². The monoisotopic (exact) mass is 925 g/mol. The molecule has 0 aromatic rings. The second-order valence-electron chi connectivity index (χ2n) is 18.0. The highest BCUT2D eigenvalue weighted by Gasteiger charge is 2.20. The Morgan fingerprint density at radius 1 is 0.515 bits per heavy atom. The molecule has 378 valence electrons. The molecule has 0 aromatic carbocycles. The minimum absolute atomic E-state index is 0.138. The van der Waals surface area contributed by atoms with E-state index in [2.05, 4.69) is 79.6 Å². The molecule has 1 aliphatic heterocycles. The summed E-state index contributed by atoms with van der Waals surface area (Å²) in [6, 6.07) is 0. The van der Waals surface area contributed by atoms with Gasteiger partial charge in [0.25, 0.3) is 0 Å². The van der Waals surface area contributed by atoms with Crippen LogP contribution >= 0.6 is 0 Å². The predicted molar refractivity (Wildman–Crippen MR) is 272 cm³/mol. The van der Waals surface area contributed by atoms with E-state index in [4.69, 9.17) is 18.9 Å². The number of allylic oxidation sites excluding steroid dienone is 9. The molecule has 0 unspecified atom stereocenters. The van der Waals surface area contributed by atoms with Crippen LogP contribution in [-0.4, -0.2) is 74.4 Å². The number of nitrogens with zero attached hydrogens (tertiary/aromatic N) is 1. The van der Waals surface area contributed by atoms with Gasteiger partial charge >= 0.3 is 24.0 Å². The summed E-state index contributed by atoms with van der Waals surface area (Å²) >= 11 is 0. The summed E-state index contributed by atoms with van der Waals surface area (Å²) in [4.78, 5) is 53.6. The molecule has 0 atom stereocenters. The molecule has 0 aromatic heterocycles. The molecule has 0 saturated carbocycles. The van der Waals surface area contributed by atoms with Gasteiger partial charge in [-0.05, 0) is 115 Å². The number of hydrogen-bond donors (Lipinski definition) is 1. The zero-order valence-electron chi connectivity index (χ0n) is 42.4. The first-order chi connectivity index (χ1) is 32.4. The lowest BCUT2D eigenvalue weighted by Gasteiger charge is -2.18. The number of unbranched alkanes of at least 4 members (excludes halogenated alkanes) is 19. The van der Waals surface area contributed by atoms with E-state index in [9.17, 15) is 19.2 Å². The number of hydrogen-bond acceptors (Lipinski definition) is 9. The van der Waals surface area contributed by atoms with Crippen molar-refractivity contribution in [1.29, 1.82) is 0 Å². The van der Waals surface area contributed by atoms with E-state index in [-0.39, 0.29) is 44.4 Å². The molecule has 0 radical (unpaired) electrons. The minimum atomic E-state index is -0.948. The molecule has 0 spiro atoms. The molecule has 1 amide bonds. The molecule has 10 heteroatoms. The Morgan fingerprint density at radius 3 is 1.44 bits per heavy atom. The van der Waals surface area contributed by atoms with E-state index in [1.807, 2.05) is 0 Å². The Bertz CT molecular complexity index is 1290. The maximum Gasteiger partial charge on any atom is 0.412 e. The number of nitrogens with one attached hydrogen (secondary N) is 1. The quantitative estimate of drug-likeness (QED) is 0.0209. The second kappa shape index (κ2) is 46.5. The van der Waals surface area contributed by atoms with Crippen molar-refractivity contribution < 1.29 is 38.1 Å². The van der Waals surface area contributed by atoms with Gasteiger partial charge in [0.2, 0.25) is 0 Å². The van der Waals surface area contributed by atoms with Gasteiger partial charge in [0.1, 0.15) is 19.0 Å². The van der Waals surface area contributed by atoms with Crippen molar-refractivity contribution in [2.45, 2.75) is 232 Å². The van der Waals surface area contributed by atoms with E-state index in [1.165, 1.54) is 64.2 Å². The molecule has 1 saturated heterocycles. The average Bonchev–Trinajstić information content (AvgIpc) is 3.84. The van der Waals surface area contributed by atoms with Gasteiger partial charge < -0.3 is 29.2 Å². The maximum absolute atomic E-state index is 13.2.